The summed E-state index contributed by atoms with van der Waals surface area (Å²) < 4.78 is 11.4. The maximum absolute atomic E-state index is 11.9. The van der Waals surface area contributed by atoms with Crippen molar-refractivity contribution in [2.24, 2.45) is 0 Å². The summed E-state index contributed by atoms with van der Waals surface area (Å²) in [5.74, 6) is 0.826. The Bertz CT molecular complexity index is 1000. The number of quaternary nitrogens is 1. The van der Waals surface area contributed by atoms with Crippen molar-refractivity contribution >= 4 is 40.4 Å². The number of morpholine rings is 1. The minimum Gasteiger partial charge on any atom is -0.415 e. The molecule has 28 heavy (non-hydrogen) atoms. The summed E-state index contributed by atoms with van der Waals surface area (Å²) in [5, 5.41) is 9.67. The summed E-state index contributed by atoms with van der Waals surface area (Å²) in [5.41, 5.74) is 1.56. The van der Waals surface area contributed by atoms with Crippen LogP contribution in [-0.2, 0) is 16.1 Å². The van der Waals surface area contributed by atoms with E-state index in [1.165, 1.54) is 11.3 Å². The van der Waals surface area contributed by atoms with Gasteiger partial charge in [-0.05, 0) is 36.4 Å². The minimum atomic E-state index is -0.0577. The number of primary amides is 1. The molecule has 2 aromatic heterocycles. The van der Waals surface area contributed by atoms with E-state index in [9.17, 15) is 9.59 Å². The van der Waals surface area contributed by atoms with Crippen LogP contribution >= 0.6 is 22.9 Å². The number of thiophene rings is 1. The van der Waals surface area contributed by atoms with Gasteiger partial charge in [-0.1, -0.05) is 11.6 Å². The summed E-state index contributed by atoms with van der Waals surface area (Å²) >= 11 is 7.16. The molecule has 3 N–H and O–H groups in total. The van der Waals surface area contributed by atoms with Crippen LogP contribution in [0.25, 0.3) is 11.5 Å². The molecule has 0 aliphatic carbocycles. The van der Waals surface area contributed by atoms with Crippen LogP contribution in [-0.4, -0.2) is 46.6 Å². The van der Waals surface area contributed by atoms with Crippen LogP contribution in [0, 0.1) is 0 Å². The number of ether oxygens (including phenoxy) is 1. The normalized spacial score (nSPS) is 14.5. The lowest BCUT2D eigenvalue weighted by molar-refractivity contribution is -0.564. The van der Waals surface area contributed by atoms with Crippen LogP contribution in [0.1, 0.15) is 10.8 Å². The SMILES string of the molecule is O=C1COCCN1c1ccc(-c2nnc(C[NH2+]C(=[OH+])c3ccc(Cl)s3)o2)cc1. The molecule has 1 aliphatic rings. The summed E-state index contributed by atoms with van der Waals surface area (Å²) in [7, 11) is 0. The molecule has 0 spiro atoms. The van der Waals surface area contributed by atoms with Gasteiger partial charge in [0.25, 0.3) is 11.8 Å². The monoisotopic (exact) mass is 420 g/mol. The smallest absolute Gasteiger partial charge is 0.415 e. The predicted octanol–water partition coefficient (Wildman–Crippen LogP) is 1.43. The number of carbonyl (C=O) groups excluding carboxylic acids is 2. The summed E-state index contributed by atoms with van der Waals surface area (Å²) in [6.45, 7) is 1.47. The largest absolute Gasteiger partial charge is 0.522 e. The van der Waals surface area contributed by atoms with Crippen molar-refractivity contribution in [3.63, 3.8) is 0 Å². The highest BCUT2D eigenvalue weighted by Gasteiger charge is 2.22. The van der Waals surface area contributed by atoms with Crippen LogP contribution in [0.5, 0.6) is 0 Å². The number of benzene rings is 1. The van der Waals surface area contributed by atoms with Crippen LogP contribution in [0.3, 0.4) is 0 Å². The Morgan fingerprint density at radius 2 is 2.07 bits per heavy atom. The highest BCUT2D eigenvalue weighted by molar-refractivity contribution is 7.17. The van der Waals surface area contributed by atoms with E-state index in [0.29, 0.717) is 40.7 Å². The first-order chi connectivity index (χ1) is 13.6. The van der Waals surface area contributed by atoms with Crippen LogP contribution < -0.4 is 10.2 Å². The quantitative estimate of drug-likeness (QED) is 0.628. The first-order valence-electron chi connectivity index (χ1n) is 8.56. The van der Waals surface area contributed by atoms with Crippen molar-refractivity contribution in [2.75, 3.05) is 24.7 Å². The van der Waals surface area contributed by atoms with Crippen molar-refractivity contribution in [2.45, 2.75) is 6.54 Å². The third-order valence-corrected chi connectivity index (χ3v) is 5.43. The summed E-state index contributed by atoms with van der Waals surface area (Å²) in [6.07, 6.45) is 0. The maximum Gasteiger partial charge on any atom is 0.522 e. The first kappa shape index (κ1) is 18.8. The number of hydrogen-bond acceptors (Lipinski definition) is 6. The fourth-order valence-electron chi connectivity index (χ4n) is 2.76. The molecular formula is C18H17ClN4O4S+2. The lowest BCUT2D eigenvalue weighted by atomic mass is 10.2. The van der Waals surface area contributed by atoms with Crippen LogP contribution in [0.4, 0.5) is 5.69 Å². The average Bonchev–Trinajstić information content (AvgIpc) is 3.36. The highest BCUT2D eigenvalue weighted by atomic mass is 35.5. The Kier molecular flexibility index (Phi) is 5.49. The van der Waals surface area contributed by atoms with E-state index in [-0.39, 0.29) is 18.4 Å². The molecule has 1 aliphatic heterocycles. The van der Waals surface area contributed by atoms with Gasteiger partial charge in [-0.15, -0.1) is 21.5 Å². The Hall–Kier alpha value is -2.59. The highest BCUT2D eigenvalue weighted by Crippen LogP contribution is 2.23. The molecule has 1 fully saturated rings. The molecule has 0 unspecified atom stereocenters. The van der Waals surface area contributed by atoms with E-state index in [4.69, 9.17) is 20.8 Å². The van der Waals surface area contributed by atoms with Gasteiger partial charge in [0.2, 0.25) is 5.89 Å². The number of nitrogens with zero attached hydrogens (tertiary/aromatic N) is 3. The topological polar surface area (TPSA) is 106 Å². The number of nitrogens with two attached hydrogens (primary N) is 1. The second kappa shape index (κ2) is 8.19. The molecular weight excluding hydrogens is 404 g/mol. The maximum atomic E-state index is 11.9. The van der Waals surface area contributed by atoms with E-state index in [1.807, 2.05) is 24.3 Å². The van der Waals surface area contributed by atoms with Crippen molar-refractivity contribution in [1.82, 2.24) is 10.2 Å². The number of rotatable bonds is 5. The predicted molar refractivity (Wildman–Crippen MR) is 104 cm³/mol. The van der Waals surface area contributed by atoms with E-state index in [1.54, 1.807) is 22.3 Å². The lowest BCUT2D eigenvalue weighted by Crippen LogP contribution is -2.86. The molecule has 10 heteroatoms. The second-order valence-electron chi connectivity index (χ2n) is 6.04. The molecule has 0 bridgehead atoms. The molecule has 0 saturated carbocycles. The molecule has 2 amide bonds. The Morgan fingerprint density at radius 1 is 1.25 bits per heavy atom. The molecule has 3 heterocycles. The van der Waals surface area contributed by atoms with Gasteiger partial charge in [-0.3, -0.25) is 4.79 Å². The number of halogens is 1. The van der Waals surface area contributed by atoms with Gasteiger partial charge in [0.1, 0.15) is 6.61 Å². The number of anilines is 1. The van der Waals surface area contributed by atoms with Crippen molar-refractivity contribution in [3.8, 4) is 11.5 Å². The van der Waals surface area contributed by atoms with Crippen LogP contribution in [0.15, 0.2) is 40.8 Å². The van der Waals surface area contributed by atoms with Gasteiger partial charge in [0.05, 0.1) is 10.9 Å². The first-order valence-corrected chi connectivity index (χ1v) is 9.75. The fourth-order valence-corrected chi connectivity index (χ4v) is 3.75. The third-order valence-electron chi connectivity index (χ3n) is 4.17. The second-order valence-corrected chi connectivity index (χ2v) is 7.76. The molecule has 144 valence electrons. The van der Waals surface area contributed by atoms with Crippen LogP contribution in [0.2, 0.25) is 4.34 Å². The Balaban J connectivity index is 1.39. The minimum absolute atomic E-state index is 0.0577. The summed E-state index contributed by atoms with van der Waals surface area (Å²) in [6, 6.07) is 10.8. The van der Waals surface area contributed by atoms with Gasteiger partial charge >= 0.3 is 5.91 Å². The fraction of sp³-hybridized carbons (Fsp3) is 0.222. The Labute approximate surface area is 169 Å². The molecule has 8 nitrogen and oxygen atoms in total. The molecule has 1 aromatic carbocycles. The lowest BCUT2D eigenvalue weighted by Gasteiger charge is -2.26. The van der Waals surface area contributed by atoms with Gasteiger partial charge in [0, 0.05) is 17.8 Å². The third kappa shape index (κ3) is 4.12. The zero-order valence-electron chi connectivity index (χ0n) is 14.7. The van der Waals surface area contributed by atoms with Crippen molar-refractivity contribution in [3.05, 3.63) is 51.5 Å². The zero-order chi connectivity index (χ0) is 19.5. The molecule has 1 saturated heterocycles. The van der Waals surface area contributed by atoms with E-state index in [0.717, 1.165) is 11.3 Å². The molecule has 3 aromatic rings. The Morgan fingerprint density at radius 3 is 2.79 bits per heavy atom. The molecule has 0 atom stereocenters. The summed E-state index contributed by atoms with van der Waals surface area (Å²) in [4.78, 5) is 24.4. The number of hydrogen-bond donors (Lipinski definition) is 1. The van der Waals surface area contributed by atoms with E-state index in [2.05, 4.69) is 10.2 Å². The standard InChI is InChI=1S/C18H15ClN4O4S/c19-14-6-5-13(28-14)17(25)20-9-15-21-22-18(27-15)11-1-3-12(4-2-11)23-7-8-26-10-16(23)24/h1-6H,7-10H2,(H,20,25)/p+2. The van der Waals surface area contributed by atoms with Gasteiger partial charge in [-0.25, -0.2) is 10.1 Å². The van der Waals surface area contributed by atoms with E-state index < -0.39 is 0 Å². The number of amides is 2. The molecule has 0 radical (unpaired) electrons. The van der Waals surface area contributed by atoms with E-state index >= 15 is 0 Å². The van der Waals surface area contributed by atoms with Gasteiger partial charge in [-0.2, -0.15) is 0 Å². The average molecular weight is 421 g/mol. The van der Waals surface area contributed by atoms with Crippen molar-refractivity contribution in [1.29, 1.82) is 0 Å². The van der Waals surface area contributed by atoms with Crippen molar-refractivity contribution < 1.29 is 24.1 Å². The van der Waals surface area contributed by atoms with Gasteiger partial charge in [0.15, 0.2) is 11.4 Å². The number of carbonyl (C=O) groups is 1. The number of aromatic nitrogens is 2. The van der Waals surface area contributed by atoms with Gasteiger partial charge < -0.3 is 14.1 Å². The molecule has 4 rings (SSSR count). The zero-order valence-corrected chi connectivity index (χ0v) is 16.2.